The van der Waals surface area contributed by atoms with Crippen molar-refractivity contribution >= 4 is 21.6 Å². The summed E-state index contributed by atoms with van der Waals surface area (Å²) in [6.07, 6.45) is 3.44. The van der Waals surface area contributed by atoms with Crippen molar-refractivity contribution in [3.63, 3.8) is 0 Å². The van der Waals surface area contributed by atoms with Crippen molar-refractivity contribution in [2.24, 2.45) is 5.14 Å². The lowest BCUT2D eigenvalue weighted by atomic mass is 10.2. The highest BCUT2D eigenvalue weighted by molar-refractivity contribution is 7.90. The number of benzene rings is 1. The molecule has 1 heterocycles. The second-order valence-corrected chi connectivity index (χ2v) is 5.23. The molecule has 0 spiro atoms. The highest BCUT2D eigenvalue weighted by Gasteiger charge is 2.02. The molecule has 1 aromatic heterocycles. The van der Waals surface area contributed by atoms with Crippen LogP contribution in [0.25, 0.3) is 0 Å². The van der Waals surface area contributed by atoms with Gasteiger partial charge in [0, 0.05) is 24.6 Å². The van der Waals surface area contributed by atoms with Gasteiger partial charge in [-0.3, -0.25) is 9.71 Å². The lowest BCUT2D eigenvalue weighted by Crippen LogP contribution is -2.21. The molecule has 0 aliphatic rings. The molecule has 2 rings (SSSR count). The smallest absolute Gasteiger partial charge is 0.296 e. The van der Waals surface area contributed by atoms with Crippen LogP contribution >= 0.6 is 0 Å². The zero-order valence-corrected chi connectivity index (χ0v) is 10.9. The normalized spacial score (nSPS) is 11.0. The van der Waals surface area contributed by atoms with Gasteiger partial charge < -0.3 is 5.32 Å². The quantitative estimate of drug-likeness (QED) is 0.768. The Labute approximate surface area is 111 Å². The van der Waals surface area contributed by atoms with Gasteiger partial charge in [-0.1, -0.05) is 6.07 Å². The maximum absolute atomic E-state index is 10.9. The van der Waals surface area contributed by atoms with Crippen LogP contribution in [-0.2, 0) is 16.8 Å². The highest BCUT2D eigenvalue weighted by atomic mass is 32.2. The summed E-state index contributed by atoms with van der Waals surface area (Å²) in [4.78, 5) is 3.94. The fourth-order valence-electron chi connectivity index (χ4n) is 1.56. The first kappa shape index (κ1) is 13.3. The van der Waals surface area contributed by atoms with Crippen LogP contribution in [0.1, 0.15) is 5.56 Å². The maximum Gasteiger partial charge on any atom is 0.296 e. The number of nitrogens with one attached hydrogen (secondary N) is 2. The van der Waals surface area contributed by atoms with Crippen LogP contribution in [0.5, 0.6) is 0 Å². The van der Waals surface area contributed by atoms with Crippen LogP contribution in [0.2, 0.25) is 0 Å². The number of aromatic nitrogens is 1. The summed E-state index contributed by atoms with van der Waals surface area (Å²) in [6, 6.07) is 10.7. The van der Waals surface area contributed by atoms with Crippen LogP contribution in [0.3, 0.4) is 0 Å². The molecule has 100 valence electrons. The van der Waals surface area contributed by atoms with E-state index in [0.717, 1.165) is 11.3 Å². The molecular formula is C12H14N4O2S. The van der Waals surface area contributed by atoms with Gasteiger partial charge in [-0.25, -0.2) is 5.14 Å². The lowest BCUT2D eigenvalue weighted by molar-refractivity contribution is 0.603. The molecule has 0 fully saturated rings. The second-order valence-electron chi connectivity index (χ2n) is 3.94. The number of nitrogens with two attached hydrogens (primary N) is 1. The molecule has 0 bridgehead atoms. The summed E-state index contributed by atoms with van der Waals surface area (Å²) in [7, 11) is -3.75. The van der Waals surface area contributed by atoms with Gasteiger partial charge in [-0.2, -0.15) is 8.42 Å². The van der Waals surface area contributed by atoms with E-state index in [0.29, 0.717) is 12.2 Å². The third kappa shape index (κ3) is 4.57. The van der Waals surface area contributed by atoms with E-state index in [2.05, 4.69) is 15.0 Å². The Kier molecular flexibility index (Phi) is 3.98. The molecule has 0 aliphatic heterocycles. The van der Waals surface area contributed by atoms with Crippen molar-refractivity contribution < 1.29 is 8.42 Å². The van der Waals surface area contributed by atoms with Gasteiger partial charge in [0.2, 0.25) is 0 Å². The fourth-order valence-corrected chi connectivity index (χ4v) is 2.02. The van der Waals surface area contributed by atoms with Gasteiger partial charge in [0.15, 0.2) is 0 Å². The van der Waals surface area contributed by atoms with E-state index >= 15 is 0 Å². The molecule has 0 amide bonds. The van der Waals surface area contributed by atoms with E-state index < -0.39 is 10.2 Å². The fraction of sp³-hybridized carbons (Fsp3) is 0.0833. The minimum atomic E-state index is -3.75. The highest BCUT2D eigenvalue weighted by Crippen LogP contribution is 2.16. The first-order chi connectivity index (χ1) is 9.03. The monoisotopic (exact) mass is 278 g/mol. The molecule has 7 heteroatoms. The number of pyridine rings is 1. The Morgan fingerprint density at radius 1 is 1.11 bits per heavy atom. The SMILES string of the molecule is NS(=O)(=O)Nc1cccc(NCc2ccncc2)c1. The Hall–Kier alpha value is -2.12. The van der Waals surface area contributed by atoms with Crippen LogP contribution in [0, 0.1) is 0 Å². The largest absolute Gasteiger partial charge is 0.381 e. The van der Waals surface area contributed by atoms with E-state index in [1.54, 1.807) is 30.6 Å². The average molecular weight is 278 g/mol. The molecule has 0 atom stereocenters. The van der Waals surface area contributed by atoms with Crippen LogP contribution < -0.4 is 15.2 Å². The minimum Gasteiger partial charge on any atom is -0.381 e. The summed E-state index contributed by atoms with van der Waals surface area (Å²) >= 11 is 0. The standard InChI is InChI=1S/C12H14N4O2S/c13-19(17,18)16-12-3-1-2-11(8-12)15-9-10-4-6-14-7-5-10/h1-8,15-16H,9H2,(H2,13,17,18). The molecule has 1 aromatic carbocycles. The van der Waals surface area contributed by atoms with Crippen molar-refractivity contribution in [3.05, 3.63) is 54.4 Å². The zero-order valence-electron chi connectivity index (χ0n) is 10.1. The number of rotatable bonds is 5. The minimum absolute atomic E-state index is 0.419. The summed E-state index contributed by atoms with van der Waals surface area (Å²) in [6.45, 7) is 0.626. The Morgan fingerprint density at radius 2 is 1.79 bits per heavy atom. The molecule has 0 aliphatic carbocycles. The second kappa shape index (κ2) is 5.68. The number of anilines is 2. The van der Waals surface area contributed by atoms with Gasteiger partial charge in [-0.15, -0.1) is 0 Å². The van der Waals surface area contributed by atoms with Crippen molar-refractivity contribution in [3.8, 4) is 0 Å². The summed E-state index contributed by atoms with van der Waals surface area (Å²) in [5.74, 6) is 0. The molecular weight excluding hydrogens is 264 g/mol. The van der Waals surface area contributed by atoms with E-state index in [9.17, 15) is 8.42 Å². The zero-order chi connectivity index (χ0) is 13.7. The van der Waals surface area contributed by atoms with Gasteiger partial charge in [-0.05, 0) is 35.9 Å². The van der Waals surface area contributed by atoms with Crippen LogP contribution in [-0.4, -0.2) is 13.4 Å². The van der Waals surface area contributed by atoms with E-state index in [1.807, 2.05) is 18.2 Å². The molecule has 19 heavy (non-hydrogen) atoms. The predicted molar refractivity (Wildman–Crippen MR) is 74.7 cm³/mol. The van der Waals surface area contributed by atoms with Crippen molar-refractivity contribution in [1.29, 1.82) is 0 Å². The molecule has 6 nitrogen and oxygen atoms in total. The van der Waals surface area contributed by atoms with Gasteiger partial charge >= 0.3 is 0 Å². The third-order valence-corrected chi connectivity index (χ3v) is 2.89. The molecule has 0 radical (unpaired) electrons. The molecule has 0 unspecified atom stereocenters. The number of nitrogens with zero attached hydrogens (tertiary/aromatic N) is 1. The predicted octanol–water partition coefficient (Wildman–Crippen LogP) is 1.31. The Bertz CT molecular complexity index is 644. The number of hydrogen-bond donors (Lipinski definition) is 3. The lowest BCUT2D eigenvalue weighted by Gasteiger charge is -2.09. The first-order valence-corrected chi connectivity index (χ1v) is 7.11. The van der Waals surface area contributed by atoms with Crippen molar-refractivity contribution in [2.75, 3.05) is 10.0 Å². The van der Waals surface area contributed by atoms with Gasteiger partial charge in [0.1, 0.15) is 0 Å². The molecule has 2 aromatic rings. The molecule has 0 saturated heterocycles. The average Bonchev–Trinajstić information content (AvgIpc) is 2.36. The summed E-state index contributed by atoms with van der Waals surface area (Å²) < 4.78 is 24.1. The van der Waals surface area contributed by atoms with E-state index in [4.69, 9.17) is 5.14 Å². The van der Waals surface area contributed by atoms with E-state index in [1.165, 1.54) is 0 Å². The number of hydrogen-bond acceptors (Lipinski definition) is 4. The first-order valence-electron chi connectivity index (χ1n) is 5.56. The topological polar surface area (TPSA) is 97.1 Å². The van der Waals surface area contributed by atoms with E-state index in [-0.39, 0.29) is 0 Å². The Balaban J connectivity index is 2.03. The third-order valence-electron chi connectivity index (χ3n) is 2.37. The summed E-state index contributed by atoms with van der Waals surface area (Å²) in [5, 5.41) is 8.10. The van der Waals surface area contributed by atoms with Gasteiger partial charge in [0.05, 0.1) is 5.69 Å². The molecule has 4 N–H and O–H groups in total. The summed E-state index contributed by atoms with van der Waals surface area (Å²) in [5.41, 5.74) is 2.30. The Morgan fingerprint density at radius 3 is 2.47 bits per heavy atom. The van der Waals surface area contributed by atoms with Gasteiger partial charge in [0.25, 0.3) is 10.2 Å². The van der Waals surface area contributed by atoms with Crippen molar-refractivity contribution in [2.45, 2.75) is 6.54 Å². The van der Waals surface area contributed by atoms with Crippen molar-refractivity contribution in [1.82, 2.24) is 4.98 Å². The maximum atomic E-state index is 10.9. The molecule has 0 saturated carbocycles. The van der Waals surface area contributed by atoms with Crippen LogP contribution in [0.15, 0.2) is 48.8 Å². The van der Waals surface area contributed by atoms with Crippen LogP contribution in [0.4, 0.5) is 11.4 Å².